The molecule has 0 aliphatic carbocycles. The van der Waals surface area contributed by atoms with Crippen molar-refractivity contribution in [1.82, 2.24) is 9.97 Å². The maximum atomic E-state index is 10.2. The average molecular weight is 208 g/mol. The molecule has 1 aromatic rings. The Bertz CT molecular complexity index is 291. The van der Waals surface area contributed by atoms with E-state index < -0.39 is 11.9 Å². The van der Waals surface area contributed by atoms with Crippen LogP contribution in [0, 0.1) is 0 Å². The molecule has 0 aromatic carbocycles. The molecule has 1 aromatic heterocycles. The quantitative estimate of drug-likeness (QED) is 0.635. The molecule has 0 fully saturated rings. The van der Waals surface area contributed by atoms with Crippen molar-refractivity contribution in [3.63, 3.8) is 0 Å². The van der Waals surface area contributed by atoms with E-state index in [0.717, 1.165) is 12.4 Å². The van der Waals surface area contributed by atoms with Crippen molar-refractivity contribution in [3.8, 4) is 0 Å². The van der Waals surface area contributed by atoms with E-state index in [2.05, 4.69) is 9.97 Å². The van der Waals surface area contributed by atoms with Crippen LogP contribution in [0.4, 0.5) is 0 Å². The largest absolute Gasteiger partial charge is 0.476 e. The Morgan fingerprint density at radius 3 is 1.46 bits per heavy atom. The van der Waals surface area contributed by atoms with Gasteiger partial charge < -0.3 is 10.2 Å². The van der Waals surface area contributed by atoms with Crippen LogP contribution in [-0.4, -0.2) is 69.9 Å². The van der Waals surface area contributed by atoms with E-state index in [-0.39, 0.29) is 49.1 Å². The second kappa shape index (κ2) is 5.11. The number of carbonyl (C=O) groups is 2. The molecule has 0 saturated heterocycles. The van der Waals surface area contributed by atoms with Gasteiger partial charge in [0.05, 0.1) is 12.4 Å². The third kappa shape index (κ3) is 3.25. The van der Waals surface area contributed by atoms with Gasteiger partial charge in [-0.2, -0.15) is 0 Å². The maximum Gasteiger partial charge on any atom is 0.356 e. The van der Waals surface area contributed by atoms with E-state index in [1.807, 2.05) is 0 Å². The number of aromatic nitrogens is 2. The zero-order chi connectivity index (χ0) is 9.14. The first-order valence-electron chi connectivity index (χ1n) is 2.90. The van der Waals surface area contributed by atoms with Gasteiger partial charge in [0.1, 0.15) is 0 Å². The Labute approximate surface area is 103 Å². The van der Waals surface area contributed by atoms with Gasteiger partial charge in [-0.25, -0.2) is 19.6 Å². The van der Waals surface area contributed by atoms with Gasteiger partial charge in [0, 0.05) is 37.7 Å². The minimum atomic E-state index is -1.24. The number of hydrogen-bond donors (Lipinski definition) is 2. The van der Waals surface area contributed by atoms with Gasteiger partial charge in [-0.15, -0.1) is 0 Å². The molecule has 1 heterocycles. The summed E-state index contributed by atoms with van der Waals surface area (Å²) in [5, 5.41) is 16.7. The fourth-order valence-corrected chi connectivity index (χ4v) is 0.549. The van der Waals surface area contributed by atoms with Gasteiger partial charge in [0.2, 0.25) is 0 Å². The van der Waals surface area contributed by atoms with Crippen molar-refractivity contribution < 1.29 is 19.8 Å². The van der Waals surface area contributed by atoms with E-state index in [9.17, 15) is 9.59 Å². The summed E-state index contributed by atoms with van der Waals surface area (Å²) in [5.41, 5.74) is -0.556. The Morgan fingerprint density at radius 1 is 1.00 bits per heavy atom. The summed E-state index contributed by atoms with van der Waals surface area (Å²) in [7, 11) is 0. The molecule has 0 aliphatic rings. The Balaban J connectivity index is 0.00000144. The van der Waals surface area contributed by atoms with Crippen LogP contribution in [0.25, 0.3) is 0 Å². The van der Waals surface area contributed by atoms with E-state index in [4.69, 9.17) is 10.2 Å². The molecular weight excluding hydrogens is 204 g/mol. The molecule has 6 nitrogen and oxygen atoms in total. The summed E-state index contributed by atoms with van der Waals surface area (Å²) in [6, 6.07) is 0. The van der Waals surface area contributed by atoms with Crippen LogP contribution in [0.15, 0.2) is 12.4 Å². The Morgan fingerprint density at radius 2 is 1.31 bits per heavy atom. The number of hydrogen-bond acceptors (Lipinski definition) is 4. The molecule has 1 rings (SSSR count). The number of nitrogens with zero attached hydrogens (tertiary/aromatic N) is 2. The van der Waals surface area contributed by atoms with Crippen LogP contribution in [0.1, 0.15) is 21.0 Å². The van der Waals surface area contributed by atoms with Crippen molar-refractivity contribution in [2.24, 2.45) is 0 Å². The molecule has 0 unspecified atom stereocenters. The molecule has 0 bridgehead atoms. The molecule has 2 N–H and O–H groups in total. The predicted octanol–water partition coefficient (Wildman–Crippen LogP) is -0.508. The number of aromatic carboxylic acids is 2. The van der Waals surface area contributed by atoms with Crippen molar-refractivity contribution >= 4 is 49.7 Å². The first-order valence-corrected chi connectivity index (χ1v) is 2.90. The number of rotatable bonds is 2. The first kappa shape index (κ1) is 12.3. The zero-order valence-corrected chi connectivity index (χ0v) is 8.68. The molecule has 0 atom stereocenters. The number of carboxylic acid groups (broad SMARTS) is 2. The summed E-state index contributed by atoms with van der Waals surface area (Å²) in [6.45, 7) is 0. The molecule has 64 valence electrons. The second-order valence-corrected chi connectivity index (χ2v) is 1.90. The van der Waals surface area contributed by atoms with Crippen LogP contribution in [0.3, 0.4) is 0 Å². The molecule has 0 amide bonds. The monoisotopic (exact) mass is 208 g/mol. The van der Waals surface area contributed by atoms with E-state index in [1.165, 1.54) is 0 Å². The zero-order valence-electron chi connectivity index (χ0n) is 6.47. The van der Waals surface area contributed by atoms with Crippen molar-refractivity contribution in [2.75, 3.05) is 0 Å². The van der Waals surface area contributed by atoms with Crippen LogP contribution in [-0.2, 0) is 0 Å². The summed E-state index contributed by atoms with van der Waals surface area (Å²) >= 11 is 0. The van der Waals surface area contributed by atoms with Crippen LogP contribution >= 0.6 is 0 Å². The molecule has 13 heavy (non-hydrogen) atoms. The standard InChI is InChI=1S/C6H4N2O4.Ca/c9-5(10)3-1-7-4(2-8-3)6(11)12;/h1-2H,(H,9,10)(H,11,12);. The summed E-state index contributed by atoms with van der Waals surface area (Å²) < 4.78 is 0. The van der Waals surface area contributed by atoms with Gasteiger partial charge >= 0.3 is 11.9 Å². The van der Waals surface area contributed by atoms with E-state index in [0.29, 0.717) is 0 Å². The van der Waals surface area contributed by atoms with Crippen LogP contribution in [0.2, 0.25) is 0 Å². The van der Waals surface area contributed by atoms with Gasteiger partial charge in [-0.05, 0) is 0 Å². The maximum absolute atomic E-state index is 10.2. The van der Waals surface area contributed by atoms with E-state index >= 15 is 0 Å². The Kier molecular flexibility index (Phi) is 4.82. The van der Waals surface area contributed by atoms with Crippen molar-refractivity contribution in [1.29, 1.82) is 0 Å². The van der Waals surface area contributed by atoms with Crippen LogP contribution in [0.5, 0.6) is 0 Å². The van der Waals surface area contributed by atoms with Gasteiger partial charge in [0.25, 0.3) is 0 Å². The molecule has 0 aliphatic heterocycles. The average Bonchev–Trinajstić information content (AvgIpc) is 2.04. The summed E-state index contributed by atoms with van der Waals surface area (Å²) in [6.07, 6.45) is 1.79. The third-order valence-corrected chi connectivity index (χ3v) is 1.09. The minimum Gasteiger partial charge on any atom is -0.476 e. The topological polar surface area (TPSA) is 100 Å². The molecule has 0 saturated carbocycles. The first-order chi connectivity index (χ1) is 5.61. The predicted molar refractivity (Wildman–Crippen MR) is 41.7 cm³/mol. The van der Waals surface area contributed by atoms with Crippen molar-refractivity contribution in [2.45, 2.75) is 0 Å². The van der Waals surface area contributed by atoms with Crippen LogP contribution < -0.4 is 0 Å². The molecule has 2 radical (unpaired) electrons. The summed E-state index contributed by atoms with van der Waals surface area (Å²) in [4.78, 5) is 27.2. The van der Waals surface area contributed by atoms with Gasteiger partial charge in [0.15, 0.2) is 11.4 Å². The normalized spacial score (nSPS) is 8.62. The fraction of sp³-hybridized carbons (Fsp3) is 0. The minimum absolute atomic E-state index is 0. The van der Waals surface area contributed by atoms with Gasteiger partial charge in [-0.1, -0.05) is 0 Å². The van der Waals surface area contributed by atoms with E-state index in [1.54, 1.807) is 0 Å². The molecular formula is C6H4CaN2O4. The fourth-order valence-electron chi connectivity index (χ4n) is 0.549. The smallest absolute Gasteiger partial charge is 0.356 e. The Hall–Kier alpha value is -0.720. The van der Waals surface area contributed by atoms with Crippen molar-refractivity contribution in [3.05, 3.63) is 23.8 Å². The molecule has 7 heteroatoms. The summed E-state index contributed by atoms with van der Waals surface area (Å²) in [5.74, 6) is -2.47. The SMILES string of the molecule is O=C(O)c1cnc(C(=O)O)cn1.[Ca]. The molecule has 0 spiro atoms. The number of carboxylic acids is 2. The second-order valence-electron chi connectivity index (χ2n) is 1.90. The van der Waals surface area contributed by atoms with Gasteiger partial charge in [-0.3, -0.25) is 0 Å². The third-order valence-electron chi connectivity index (χ3n) is 1.09.